The van der Waals surface area contributed by atoms with E-state index in [0.717, 1.165) is 17.9 Å². The maximum Gasteiger partial charge on any atom is 0.0242 e. The van der Waals surface area contributed by atoms with Crippen LogP contribution < -0.4 is 0 Å². The van der Waals surface area contributed by atoms with Gasteiger partial charge in [-0.25, -0.2) is 0 Å². The monoisotopic (exact) mass is 331 g/mol. The van der Waals surface area contributed by atoms with Crippen molar-refractivity contribution in [3.8, 4) is 0 Å². The van der Waals surface area contributed by atoms with Gasteiger partial charge in [0.1, 0.15) is 0 Å². The zero-order chi connectivity index (χ0) is 13.8. The molecule has 1 fully saturated rings. The maximum atomic E-state index is 3.56. The van der Waals surface area contributed by atoms with Crippen molar-refractivity contribution >= 4 is 26.7 Å². The fourth-order valence-corrected chi connectivity index (χ4v) is 3.72. The minimum absolute atomic E-state index is 0.784. The Morgan fingerprint density at radius 2 is 1.95 bits per heavy atom. The quantitative estimate of drug-likeness (QED) is 0.698. The number of alkyl halides is 1. The molecule has 0 saturated carbocycles. The predicted molar refractivity (Wildman–Crippen MR) is 90.4 cm³/mol. The van der Waals surface area contributed by atoms with Gasteiger partial charge in [0.05, 0.1) is 0 Å². The first-order chi connectivity index (χ1) is 9.88. The van der Waals surface area contributed by atoms with E-state index in [-0.39, 0.29) is 0 Å². The molecule has 0 aromatic heterocycles. The third-order valence-corrected chi connectivity index (χ3v) is 4.98. The Labute approximate surface area is 130 Å². The van der Waals surface area contributed by atoms with Crippen LogP contribution in [0, 0.1) is 0 Å². The van der Waals surface area contributed by atoms with E-state index in [0.29, 0.717) is 0 Å². The molecule has 2 aromatic rings. The molecule has 0 radical (unpaired) electrons. The number of likely N-dealkylation sites (tertiary alicyclic amines) is 1. The molecule has 20 heavy (non-hydrogen) atoms. The van der Waals surface area contributed by atoms with Gasteiger partial charge in [-0.15, -0.1) is 0 Å². The Morgan fingerprint density at radius 3 is 2.85 bits per heavy atom. The zero-order valence-electron chi connectivity index (χ0n) is 11.9. The average molecular weight is 332 g/mol. The third-order valence-electron chi connectivity index (χ3n) is 4.42. The summed E-state index contributed by atoms with van der Waals surface area (Å²) in [5.74, 6) is 0. The standard InChI is InChI=1S/C18H22BrN/c19-12-4-9-17-10-5-13-20(17)14-16-8-3-7-15-6-1-2-11-18(15)16/h1-3,6-8,11,17H,4-5,9-10,12-14H2. The highest BCUT2D eigenvalue weighted by Crippen LogP contribution is 2.26. The number of rotatable bonds is 5. The van der Waals surface area contributed by atoms with Gasteiger partial charge in [-0.3, -0.25) is 4.90 Å². The van der Waals surface area contributed by atoms with Crippen LogP contribution in [0.25, 0.3) is 10.8 Å². The molecule has 0 aliphatic carbocycles. The van der Waals surface area contributed by atoms with Gasteiger partial charge in [0.25, 0.3) is 0 Å². The van der Waals surface area contributed by atoms with Gasteiger partial charge < -0.3 is 0 Å². The summed E-state index contributed by atoms with van der Waals surface area (Å²) in [5.41, 5.74) is 1.48. The fourth-order valence-electron chi connectivity index (χ4n) is 3.39. The molecule has 0 spiro atoms. The van der Waals surface area contributed by atoms with Crippen LogP contribution in [0.15, 0.2) is 42.5 Å². The Morgan fingerprint density at radius 1 is 1.10 bits per heavy atom. The Kier molecular flexibility index (Phi) is 4.74. The summed E-state index contributed by atoms with van der Waals surface area (Å²) in [4.78, 5) is 2.68. The van der Waals surface area contributed by atoms with E-state index in [9.17, 15) is 0 Å². The van der Waals surface area contributed by atoms with Crippen LogP contribution in [-0.2, 0) is 6.54 Å². The van der Waals surface area contributed by atoms with E-state index >= 15 is 0 Å². The summed E-state index contributed by atoms with van der Waals surface area (Å²) in [6.07, 6.45) is 5.35. The molecule has 2 aromatic carbocycles. The minimum Gasteiger partial charge on any atom is -0.296 e. The minimum atomic E-state index is 0.784. The van der Waals surface area contributed by atoms with Crippen LogP contribution in [0.1, 0.15) is 31.2 Å². The lowest BCUT2D eigenvalue weighted by atomic mass is 10.0. The number of fused-ring (bicyclic) bond motifs is 1. The second-order valence-electron chi connectivity index (χ2n) is 5.74. The van der Waals surface area contributed by atoms with Crippen LogP contribution in [0.4, 0.5) is 0 Å². The predicted octanol–water partition coefficient (Wildman–Crippen LogP) is 4.98. The second-order valence-corrected chi connectivity index (χ2v) is 6.53. The van der Waals surface area contributed by atoms with Crippen LogP contribution in [0.2, 0.25) is 0 Å². The first kappa shape index (κ1) is 14.1. The van der Waals surface area contributed by atoms with Gasteiger partial charge in [0, 0.05) is 17.9 Å². The average Bonchev–Trinajstić information content (AvgIpc) is 2.93. The zero-order valence-corrected chi connectivity index (χ0v) is 13.5. The molecule has 1 aliphatic heterocycles. The summed E-state index contributed by atoms with van der Waals surface area (Å²) < 4.78 is 0. The third kappa shape index (κ3) is 3.07. The lowest BCUT2D eigenvalue weighted by Gasteiger charge is -2.25. The fraction of sp³-hybridized carbons (Fsp3) is 0.444. The van der Waals surface area contributed by atoms with Gasteiger partial charge in [-0.1, -0.05) is 58.4 Å². The van der Waals surface area contributed by atoms with E-state index in [2.05, 4.69) is 63.3 Å². The number of halogens is 1. The Balaban J connectivity index is 1.78. The van der Waals surface area contributed by atoms with Gasteiger partial charge >= 0.3 is 0 Å². The van der Waals surface area contributed by atoms with E-state index in [4.69, 9.17) is 0 Å². The summed E-state index contributed by atoms with van der Waals surface area (Å²) in [6.45, 7) is 2.37. The lowest BCUT2D eigenvalue weighted by Crippen LogP contribution is -2.29. The molecule has 1 unspecified atom stereocenters. The number of hydrogen-bond acceptors (Lipinski definition) is 1. The Bertz CT molecular complexity index is 561. The van der Waals surface area contributed by atoms with Crippen molar-refractivity contribution in [2.45, 2.75) is 38.3 Å². The molecule has 0 amide bonds. The number of hydrogen-bond donors (Lipinski definition) is 0. The first-order valence-corrected chi connectivity index (χ1v) is 8.77. The van der Waals surface area contributed by atoms with Gasteiger partial charge in [-0.2, -0.15) is 0 Å². The van der Waals surface area contributed by atoms with Gasteiger partial charge in [-0.05, 0) is 48.6 Å². The summed E-state index contributed by atoms with van der Waals surface area (Å²) in [6, 6.07) is 16.2. The molecule has 1 nitrogen and oxygen atoms in total. The molecule has 106 valence electrons. The molecule has 0 bridgehead atoms. The molecular weight excluding hydrogens is 310 g/mol. The van der Waals surface area contributed by atoms with E-state index in [1.54, 1.807) is 0 Å². The van der Waals surface area contributed by atoms with Crippen molar-refractivity contribution in [3.63, 3.8) is 0 Å². The van der Waals surface area contributed by atoms with E-state index in [1.165, 1.54) is 48.6 Å². The first-order valence-electron chi connectivity index (χ1n) is 7.65. The van der Waals surface area contributed by atoms with E-state index < -0.39 is 0 Å². The molecule has 1 aliphatic rings. The van der Waals surface area contributed by atoms with Crippen molar-refractivity contribution in [2.75, 3.05) is 11.9 Å². The van der Waals surface area contributed by atoms with Crippen LogP contribution in [0.5, 0.6) is 0 Å². The molecule has 1 heterocycles. The number of nitrogens with zero attached hydrogens (tertiary/aromatic N) is 1. The molecular formula is C18H22BrN. The van der Waals surface area contributed by atoms with Crippen molar-refractivity contribution < 1.29 is 0 Å². The van der Waals surface area contributed by atoms with Crippen molar-refractivity contribution in [3.05, 3.63) is 48.0 Å². The Hall–Kier alpha value is -0.860. The van der Waals surface area contributed by atoms with Gasteiger partial charge in [0.15, 0.2) is 0 Å². The largest absolute Gasteiger partial charge is 0.296 e. The second kappa shape index (κ2) is 6.73. The summed E-state index contributed by atoms with van der Waals surface area (Å²) in [5, 5.41) is 3.91. The molecule has 3 rings (SSSR count). The summed E-state index contributed by atoms with van der Waals surface area (Å²) >= 11 is 3.56. The maximum absolute atomic E-state index is 3.56. The molecule has 0 N–H and O–H groups in total. The highest BCUT2D eigenvalue weighted by atomic mass is 79.9. The normalized spacial score (nSPS) is 19.8. The highest BCUT2D eigenvalue weighted by molar-refractivity contribution is 9.09. The van der Waals surface area contributed by atoms with Crippen LogP contribution >= 0.6 is 15.9 Å². The van der Waals surface area contributed by atoms with Gasteiger partial charge in [0.2, 0.25) is 0 Å². The highest BCUT2D eigenvalue weighted by Gasteiger charge is 2.24. The summed E-state index contributed by atoms with van der Waals surface area (Å²) in [7, 11) is 0. The topological polar surface area (TPSA) is 3.24 Å². The molecule has 1 atom stereocenters. The SMILES string of the molecule is BrCCCC1CCCN1Cc1cccc2ccccc12. The van der Waals surface area contributed by atoms with Crippen LogP contribution in [-0.4, -0.2) is 22.8 Å². The molecule has 2 heteroatoms. The lowest BCUT2D eigenvalue weighted by molar-refractivity contribution is 0.235. The van der Waals surface area contributed by atoms with Crippen LogP contribution in [0.3, 0.4) is 0 Å². The molecule has 1 saturated heterocycles. The van der Waals surface area contributed by atoms with E-state index in [1.807, 2.05) is 0 Å². The number of benzene rings is 2. The van der Waals surface area contributed by atoms with Crippen molar-refractivity contribution in [2.24, 2.45) is 0 Å². The smallest absolute Gasteiger partial charge is 0.0242 e. The van der Waals surface area contributed by atoms with Crippen molar-refractivity contribution in [1.29, 1.82) is 0 Å². The van der Waals surface area contributed by atoms with Crippen molar-refractivity contribution in [1.82, 2.24) is 4.90 Å².